The van der Waals surface area contributed by atoms with Crippen LogP contribution in [0, 0.1) is 0 Å². The van der Waals surface area contributed by atoms with Gasteiger partial charge in [-0.2, -0.15) is 0 Å². The van der Waals surface area contributed by atoms with E-state index in [4.69, 9.17) is 4.74 Å². The van der Waals surface area contributed by atoms with Crippen LogP contribution in [0.4, 0.5) is 11.4 Å². The highest BCUT2D eigenvalue weighted by Gasteiger charge is 2.20. The van der Waals surface area contributed by atoms with Crippen molar-refractivity contribution in [3.63, 3.8) is 0 Å². The smallest absolute Gasteiger partial charge is 0.328 e. The maximum absolute atomic E-state index is 12.4. The minimum Gasteiger partial charge on any atom is -0.454 e. The largest absolute Gasteiger partial charge is 0.454 e. The van der Waals surface area contributed by atoms with Crippen LogP contribution in [0.1, 0.15) is 43.6 Å². The number of nitrogens with one attached hydrogen (secondary N) is 2. The molecular formula is C24H31N3O4. The van der Waals surface area contributed by atoms with Crippen molar-refractivity contribution < 1.29 is 19.1 Å². The van der Waals surface area contributed by atoms with E-state index >= 15 is 0 Å². The normalized spacial score (nSPS) is 11.9. The average molecular weight is 426 g/mol. The number of rotatable bonds is 7. The molecule has 31 heavy (non-hydrogen) atoms. The van der Waals surface area contributed by atoms with E-state index < -0.39 is 24.5 Å². The molecule has 0 radical (unpaired) electrons. The highest BCUT2D eigenvalue weighted by Crippen LogP contribution is 2.22. The molecule has 0 unspecified atom stereocenters. The van der Waals surface area contributed by atoms with Crippen LogP contribution in [0.2, 0.25) is 0 Å². The molecule has 0 aliphatic heterocycles. The lowest BCUT2D eigenvalue weighted by molar-refractivity contribution is -0.148. The third kappa shape index (κ3) is 7.13. The van der Waals surface area contributed by atoms with Gasteiger partial charge in [-0.1, -0.05) is 32.9 Å². The molecule has 0 fully saturated rings. The molecule has 0 aromatic heterocycles. The summed E-state index contributed by atoms with van der Waals surface area (Å²) in [4.78, 5) is 38.5. The van der Waals surface area contributed by atoms with Gasteiger partial charge in [-0.25, -0.2) is 4.79 Å². The second kappa shape index (κ2) is 10.1. The highest BCUT2D eigenvalue weighted by atomic mass is 16.5. The third-order valence-electron chi connectivity index (χ3n) is 4.73. The molecule has 1 atom stereocenters. The van der Waals surface area contributed by atoms with E-state index in [1.165, 1.54) is 6.92 Å². The number of carbonyl (C=O) groups excluding carboxylic acids is 3. The Kier molecular flexibility index (Phi) is 7.80. The molecule has 7 nitrogen and oxygen atoms in total. The maximum Gasteiger partial charge on any atom is 0.328 e. The first-order chi connectivity index (χ1) is 14.5. The SMILES string of the molecule is C[C@H](NC(=O)c1ccc(C(C)(C)C)cc1)C(=O)OCC(=O)Nc1ccc(N(C)C)cc1. The predicted molar refractivity (Wildman–Crippen MR) is 122 cm³/mol. The Hall–Kier alpha value is -3.35. The lowest BCUT2D eigenvalue weighted by Gasteiger charge is -2.19. The summed E-state index contributed by atoms with van der Waals surface area (Å²) in [5.41, 5.74) is 3.15. The zero-order chi connectivity index (χ0) is 23.2. The van der Waals surface area contributed by atoms with Gasteiger partial charge in [0.1, 0.15) is 6.04 Å². The van der Waals surface area contributed by atoms with E-state index in [9.17, 15) is 14.4 Å². The van der Waals surface area contributed by atoms with Crippen molar-refractivity contribution in [3.8, 4) is 0 Å². The number of carbonyl (C=O) groups is 3. The Balaban J connectivity index is 1.82. The minimum atomic E-state index is -0.887. The van der Waals surface area contributed by atoms with Crippen molar-refractivity contribution in [3.05, 3.63) is 59.7 Å². The number of esters is 1. The van der Waals surface area contributed by atoms with E-state index in [1.54, 1.807) is 24.3 Å². The second-order valence-corrected chi connectivity index (χ2v) is 8.62. The molecule has 0 saturated heterocycles. The molecule has 2 aromatic carbocycles. The topological polar surface area (TPSA) is 87.7 Å². The summed E-state index contributed by atoms with van der Waals surface area (Å²) in [6.07, 6.45) is 0. The molecule has 0 aliphatic rings. The van der Waals surface area contributed by atoms with Crippen LogP contribution in [0.25, 0.3) is 0 Å². The van der Waals surface area contributed by atoms with Gasteiger partial charge in [0.15, 0.2) is 6.61 Å². The van der Waals surface area contributed by atoms with E-state index in [0.29, 0.717) is 11.3 Å². The summed E-state index contributed by atoms with van der Waals surface area (Å²) < 4.78 is 5.03. The molecule has 0 heterocycles. The molecule has 0 spiro atoms. The van der Waals surface area contributed by atoms with Gasteiger partial charge < -0.3 is 20.3 Å². The molecule has 0 aliphatic carbocycles. The van der Waals surface area contributed by atoms with Gasteiger partial charge in [-0.05, 0) is 54.3 Å². The molecule has 0 bridgehead atoms. The molecule has 2 amide bonds. The zero-order valence-electron chi connectivity index (χ0n) is 19.0. The number of amides is 2. The fourth-order valence-electron chi connectivity index (χ4n) is 2.76. The fourth-order valence-corrected chi connectivity index (χ4v) is 2.76. The lowest BCUT2D eigenvalue weighted by Crippen LogP contribution is -2.40. The van der Waals surface area contributed by atoms with Crippen molar-refractivity contribution in [2.45, 2.75) is 39.2 Å². The van der Waals surface area contributed by atoms with Gasteiger partial charge in [-0.15, -0.1) is 0 Å². The Morgan fingerprint density at radius 3 is 2.06 bits per heavy atom. The quantitative estimate of drug-likeness (QED) is 0.665. The van der Waals surface area contributed by atoms with Crippen LogP contribution in [-0.4, -0.2) is 44.5 Å². The van der Waals surface area contributed by atoms with E-state index in [0.717, 1.165) is 11.3 Å². The monoisotopic (exact) mass is 425 g/mol. The van der Waals surface area contributed by atoms with Gasteiger partial charge in [0.2, 0.25) is 0 Å². The molecule has 2 rings (SSSR count). The fraction of sp³-hybridized carbons (Fsp3) is 0.375. The van der Waals surface area contributed by atoms with Gasteiger partial charge in [-0.3, -0.25) is 9.59 Å². The van der Waals surface area contributed by atoms with Crippen LogP contribution in [0.3, 0.4) is 0 Å². The summed E-state index contributed by atoms with van der Waals surface area (Å²) in [6.45, 7) is 7.36. The van der Waals surface area contributed by atoms with Crippen molar-refractivity contribution in [2.24, 2.45) is 0 Å². The lowest BCUT2D eigenvalue weighted by atomic mass is 9.86. The van der Waals surface area contributed by atoms with Crippen molar-refractivity contribution in [1.29, 1.82) is 0 Å². The van der Waals surface area contributed by atoms with Crippen LogP contribution >= 0.6 is 0 Å². The van der Waals surface area contributed by atoms with Crippen molar-refractivity contribution in [1.82, 2.24) is 5.32 Å². The van der Waals surface area contributed by atoms with Gasteiger partial charge >= 0.3 is 5.97 Å². The number of hydrogen-bond donors (Lipinski definition) is 2. The standard InChI is InChI=1S/C24H31N3O4/c1-16(25-22(29)17-7-9-18(10-8-17)24(2,3)4)23(30)31-15-21(28)26-19-11-13-20(14-12-19)27(5)6/h7-14,16H,15H2,1-6H3,(H,25,29)(H,26,28)/t16-/m0/s1. The summed E-state index contributed by atoms with van der Waals surface area (Å²) in [7, 11) is 3.85. The molecule has 166 valence electrons. The highest BCUT2D eigenvalue weighted by molar-refractivity contribution is 5.97. The Morgan fingerprint density at radius 1 is 0.968 bits per heavy atom. The number of nitrogens with zero attached hydrogens (tertiary/aromatic N) is 1. The minimum absolute atomic E-state index is 0.0128. The number of anilines is 2. The summed E-state index contributed by atoms with van der Waals surface area (Å²) in [5.74, 6) is -1.52. The van der Waals surface area contributed by atoms with Gasteiger partial charge in [0.25, 0.3) is 11.8 Å². The van der Waals surface area contributed by atoms with Gasteiger partial charge in [0, 0.05) is 31.0 Å². The number of ether oxygens (including phenoxy) is 1. The summed E-state index contributed by atoms with van der Waals surface area (Å²) >= 11 is 0. The summed E-state index contributed by atoms with van der Waals surface area (Å²) in [6, 6.07) is 13.6. The molecule has 0 saturated carbocycles. The Bertz CT molecular complexity index is 913. The Morgan fingerprint density at radius 2 is 1.55 bits per heavy atom. The third-order valence-corrected chi connectivity index (χ3v) is 4.73. The van der Waals surface area contributed by atoms with Gasteiger partial charge in [0.05, 0.1) is 0 Å². The molecule has 7 heteroatoms. The average Bonchev–Trinajstić information content (AvgIpc) is 2.71. The van der Waals surface area contributed by atoms with E-state index in [1.807, 2.05) is 43.3 Å². The summed E-state index contributed by atoms with van der Waals surface area (Å²) in [5, 5.41) is 5.26. The zero-order valence-corrected chi connectivity index (χ0v) is 19.0. The van der Waals surface area contributed by atoms with Crippen LogP contribution < -0.4 is 15.5 Å². The predicted octanol–water partition coefficient (Wildman–Crippen LogP) is 3.35. The number of benzene rings is 2. The van der Waals surface area contributed by atoms with E-state index in [2.05, 4.69) is 31.4 Å². The van der Waals surface area contributed by atoms with Crippen molar-refractivity contribution in [2.75, 3.05) is 30.9 Å². The first-order valence-electron chi connectivity index (χ1n) is 10.1. The molecule has 2 aromatic rings. The van der Waals surface area contributed by atoms with Crippen LogP contribution in [0.15, 0.2) is 48.5 Å². The maximum atomic E-state index is 12.4. The molecular weight excluding hydrogens is 394 g/mol. The van der Waals surface area contributed by atoms with Crippen LogP contribution in [-0.2, 0) is 19.7 Å². The first-order valence-corrected chi connectivity index (χ1v) is 10.1. The van der Waals surface area contributed by atoms with Crippen molar-refractivity contribution >= 4 is 29.2 Å². The number of hydrogen-bond acceptors (Lipinski definition) is 5. The molecule has 2 N–H and O–H groups in total. The van der Waals surface area contributed by atoms with E-state index in [-0.39, 0.29) is 11.3 Å². The Labute approximate surface area is 183 Å². The second-order valence-electron chi connectivity index (χ2n) is 8.62. The van der Waals surface area contributed by atoms with Crippen LogP contribution in [0.5, 0.6) is 0 Å². The first kappa shape index (κ1) is 23.9.